The van der Waals surface area contributed by atoms with Crippen LogP contribution in [0.1, 0.15) is 24.0 Å². The summed E-state index contributed by atoms with van der Waals surface area (Å²) in [7, 11) is 0. The zero-order chi connectivity index (χ0) is 18.5. The fraction of sp³-hybridized carbons (Fsp3) is 0.300. The number of alkyl carbamates (subject to hydrolysis) is 1. The minimum atomic E-state index is -1.13. The Morgan fingerprint density at radius 1 is 1.04 bits per heavy atom. The van der Waals surface area contributed by atoms with E-state index in [0.717, 1.165) is 22.3 Å². The zero-order valence-electron chi connectivity index (χ0n) is 14.5. The summed E-state index contributed by atoms with van der Waals surface area (Å²) in [4.78, 5) is 23.7. The second kappa shape index (κ2) is 8.01. The van der Waals surface area contributed by atoms with E-state index in [2.05, 4.69) is 17.4 Å². The molecule has 0 heterocycles. The van der Waals surface area contributed by atoms with Gasteiger partial charge < -0.3 is 19.9 Å². The SMILES string of the molecule is CCOC(=O)[C@@H](CO)NC(=O)OCC1c2ccccc2-c2ccccc21. The highest BCUT2D eigenvalue weighted by Gasteiger charge is 2.29. The third-order valence-corrected chi connectivity index (χ3v) is 4.39. The molecule has 0 aromatic heterocycles. The van der Waals surface area contributed by atoms with Crippen molar-refractivity contribution in [3.63, 3.8) is 0 Å². The molecule has 26 heavy (non-hydrogen) atoms. The fourth-order valence-electron chi connectivity index (χ4n) is 3.20. The molecule has 3 rings (SSSR count). The maximum Gasteiger partial charge on any atom is 0.407 e. The Hall–Kier alpha value is -2.86. The summed E-state index contributed by atoms with van der Waals surface area (Å²) in [5.41, 5.74) is 4.48. The maximum absolute atomic E-state index is 12.0. The molecule has 0 unspecified atom stereocenters. The number of benzene rings is 2. The summed E-state index contributed by atoms with van der Waals surface area (Å²) >= 11 is 0. The quantitative estimate of drug-likeness (QED) is 0.778. The summed E-state index contributed by atoms with van der Waals surface area (Å²) < 4.78 is 10.1. The van der Waals surface area contributed by atoms with Gasteiger partial charge >= 0.3 is 12.1 Å². The van der Waals surface area contributed by atoms with E-state index in [1.54, 1.807) is 6.92 Å². The molecular formula is C20H21NO5. The number of fused-ring (bicyclic) bond motifs is 3. The second-order valence-corrected chi connectivity index (χ2v) is 5.96. The van der Waals surface area contributed by atoms with Gasteiger partial charge in [-0.05, 0) is 29.2 Å². The van der Waals surface area contributed by atoms with Crippen molar-refractivity contribution in [1.29, 1.82) is 0 Å². The minimum absolute atomic E-state index is 0.0664. The number of carbonyl (C=O) groups excluding carboxylic acids is 2. The van der Waals surface area contributed by atoms with Gasteiger partial charge in [0.2, 0.25) is 0 Å². The van der Waals surface area contributed by atoms with Crippen molar-refractivity contribution in [2.75, 3.05) is 19.8 Å². The van der Waals surface area contributed by atoms with Crippen LogP contribution in [0, 0.1) is 0 Å². The highest BCUT2D eigenvalue weighted by Crippen LogP contribution is 2.44. The zero-order valence-corrected chi connectivity index (χ0v) is 14.5. The third kappa shape index (κ3) is 3.55. The number of nitrogens with one attached hydrogen (secondary N) is 1. The number of amides is 1. The first kappa shape index (κ1) is 17.9. The number of aliphatic hydroxyl groups excluding tert-OH is 1. The Kier molecular flexibility index (Phi) is 5.53. The summed E-state index contributed by atoms with van der Waals surface area (Å²) in [5.74, 6) is -0.758. The number of hydrogen-bond acceptors (Lipinski definition) is 5. The number of esters is 1. The lowest BCUT2D eigenvalue weighted by Gasteiger charge is -2.17. The summed E-state index contributed by atoms with van der Waals surface area (Å²) in [5, 5.41) is 11.6. The summed E-state index contributed by atoms with van der Waals surface area (Å²) in [6, 6.07) is 14.9. The first-order valence-electron chi connectivity index (χ1n) is 8.54. The van der Waals surface area contributed by atoms with Crippen molar-refractivity contribution in [1.82, 2.24) is 5.32 Å². The van der Waals surface area contributed by atoms with Gasteiger partial charge in [-0.1, -0.05) is 48.5 Å². The summed E-state index contributed by atoms with van der Waals surface area (Å²) in [6.07, 6.45) is -0.765. The van der Waals surface area contributed by atoms with Crippen LogP contribution >= 0.6 is 0 Å². The van der Waals surface area contributed by atoms with Crippen LogP contribution in [0.3, 0.4) is 0 Å². The van der Waals surface area contributed by atoms with Gasteiger partial charge in [-0.25, -0.2) is 9.59 Å². The molecule has 136 valence electrons. The molecular weight excluding hydrogens is 334 g/mol. The lowest BCUT2D eigenvalue weighted by atomic mass is 9.98. The van der Waals surface area contributed by atoms with E-state index in [9.17, 15) is 14.7 Å². The number of ether oxygens (including phenoxy) is 2. The predicted octanol–water partition coefficient (Wildman–Crippen LogP) is 2.45. The highest BCUT2D eigenvalue weighted by atomic mass is 16.6. The monoisotopic (exact) mass is 355 g/mol. The molecule has 2 aromatic rings. The lowest BCUT2D eigenvalue weighted by Crippen LogP contribution is -2.44. The molecule has 0 radical (unpaired) electrons. The van der Waals surface area contributed by atoms with Crippen LogP contribution in [0.2, 0.25) is 0 Å². The van der Waals surface area contributed by atoms with E-state index in [1.165, 1.54) is 0 Å². The topological polar surface area (TPSA) is 84.9 Å². The Morgan fingerprint density at radius 2 is 1.62 bits per heavy atom. The molecule has 1 aliphatic rings. The third-order valence-electron chi connectivity index (χ3n) is 4.39. The molecule has 1 aliphatic carbocycles. The van der Waals surface area contributed by atoms with Crippen molar-refractivity contribution >= 4 is 12.1 Å². The Morgan fingerprint density at radius 3 is 2.15 bits per heavy atom. The molecule has 2 N–H and O–H groups in total. The van der Waals surface area contributed by atoms with Gasteiger partial charge in [-0.3, -0.25) is 0 Å². The Bertz CT molecular complexity index is 759. The van der Waals surface area contributed by atoms with Crippen molar-refractivity contribution in [3.8, 4) is 11.1 Å². The normalized spacial score (nSPS) is 13.5. The van der Waals surface area contributed by atoms with E-state index < -0.39 is 24.7 Å². The lowest BCUT2D eigenvalue weighted by molar-refractivity contribution is -0.146. The number of rotatable bonds is 6. The van der Waals surface area contributed by atoms with Gasteiger partial charge in [-0.15, -0.1) is 0 Å². The van der Waals surface area contributed by atoms with Crippen molar-refractivity contribution < 1.29 is 24.2 Å². The molecule has 1 amide bonds. The standard InChI is InChI=1S/C20H21NO5/c1-2-25-19(23)18(11-22)21-20(24)26-12-17-15-9-5-3-7-13(15)14-8-4-6-10-16(14)17/h3-10,17-18,22H,2,11-12H2,1H3,(H,21,24)/t18-/m1/s1. The van der Waals surface area contributed by atoms with Crippen LogP contribution < -0.4 is 5.32 Å². The minimum Gasteiger partial charge on any atom is -0.464 e. The van der Waals surface area contributed by atoms with Crippen LogP contribution in [0.15, 0.2) is 48.5 Å². The fourth-order valence-corrected chi connectivity index (χ4v) is 3.20. The molecule has 0 spiro atoms. The molecule has 0 aliphatic heterocycles. The van der Waals surface area contributed by atoms with E-state index in [-0.39, 0.29) is 19.1 Å². The van der Waals surface area contributed by atoms with E-state index in [1.807, 2.05) is 36.4 Å². The van der Waals surface area contributed by atoms with Gasteiger partial charge in [0.15, 0.2) is 6.04 Å². The molecule has 6 nitrogen and oxygen atoms in total. The molecule has 2 aromatic carbocycles. The average molecular weight is 355 g/mol. The van der Waals surface area contributed by atoms with Crippen molar-refractivity contribution in [3.05, 3.63) is 59.7 Å². The Balaban J connectivity index is 1.68. The van der Waals surface area contributed by atoms with E-state index in [0.29, 0.717) is 0 Å². The average Bonchev–Trinajstić information content (AvgIpc) is 2.98. The first-order valence-corrected chi connectivity index (χ1v) is 8.54. The molecule has 0 bridgehead atoms. The number of carbonyl (C=O) groups is 2. The number of aliphatic hydroxyl groups is 1. The van der Waals surface area contributed by atoms with E-state index in [4.69, 9.17) is 9.47 Å². The molecule has 1 atom stereocenters. The van der Waals surface area contributed by atoms with Crippen molar-refractivity contribution in [2.24, 2.45) is 0 Å². The Labute approximate surface area is 151 Å². The van der Waals surface area contributed by atoms with Crippen LogP contribution in [-0.4, -0.2) is 43.0 Å². The van der Waals surface area contributed by atoms with E-state index >= 15 is 0 Å². The molecule has 0 saturated heterocycles. The van der Waals surface area contributed by atoms with Crippen molar-refractivity contribution in [2.45, 2.75) is 18.9 Å². The predicted molar refractivity (Wildman–Crippen MR) is 95.7 cm³/mol. The first-order chi connectivity index (χ1) is 12.7. The van der Waals surface area contributed by atoms with Gasteiger partial charge in [0.05, 0.1) is 13.2 Å². The summed E-state index contributed by atoms with van der Waals surface area (Å²) in [6.45, 7) is 1.41. The van der Waals surface area contributed by atoms with Crippen LogP contribution in [0.5, 0.6) is 0 Å². The smallest absolute Gasteiger partial charge is 0.407 e. The second-order valence-electron chi connectivity index (χ2n) is 5.96. The largest absolute Gasteiger partial charge is 0.464 e. The molecule has 0 fully saturated rings. The van der Waals surface area contributed by atoms with Crippen LogP contribution in [-0.2, 0) is 14.3 Å². The van der Waals surface area contributed by atoms with Gasteiger partial charge in [0.1, 0.15) is 6.61 Å². The molecule has 6 heteroatoms. The van der Waals surface area contributed by atoms with Crippen LogP contribution in [0.25, 0.3) is 11.1 Å². The van der Waals surface area contributed by atoms with Gasteiger partial charge in [0.25, 0.3) is 0 Å². The van der Waals surface area contributed by atoms with Gasteiger partial charge in [0, 0.05) is 5.92 Å². The number of hydrogen-bond donors (Lipinski definition) is 2. The van der Waals surface area contributed by atoms with Crippen LogP contribution in [0.4, 0.5) is 4.79 Å². The highest BCUT2D eigenvalue weighted by molar-refractivity contribution is 5.82. The maximum atomic E-state index is 12.0. The molecule has 0 saturated carbocycles. The van der Waals surface area contributed by atoms with Gasteiger partial charge in [-0.2, -0.15) is 0 Å².